The van der Waals surface area contributed by atoms with Crippen LogP contribution in [-0.4, -0.2) is 32.1 Å². The Morgan fingerprint density at radius 3 is 2.60 bits per heavy atom. The first-order chi connectivity index (χ1) is 9.56. The number of hydrogen-bond acceptors (Lipinski definition) is 4. The number of anilines is 2. The minimum absolute atomic E-state index is 0.0663. The number of carbonyl (C=O) groups is 2. The molecule has 0 atom stereocenters. The van der Waals surface area contributed by atoms with Crippen LogP contribution in [0.25, 0.3) is 0 Å². The van der Waals surface area contributed by atoms with Gasteiger partial charge in [-0.25, -0.2) is 0 Å². The molecule has 4 N–H and O–H groups in total. The van der Waals surface area contributed by atoms with Gasteiger partial charge in [-0.05, 0) is 31.2 Å². The van der Waals surface area contributed by atoms with Crippen molar-refractivity contribution in [3.63, 3.8) is 0 Å². The van der Waals surface area contributed by atoms with Gasteiger partial charge in [-0.15, -0.1) is 0 Å². The van der Waals surface area contributed by atoms with Gasteiger partial charge in [0, 0.05) is 18.6 Å². The molecular weight excluding hydrogens is 282 g/mol. The summed E-state index contributed by atoms with van der Waals surface area (Å²) in [5.41, 5.74) is 6.27. The quantitative estimate of drug-likeness (QED) is 0.713. The predicted octanol–water partition coefficient (Wildman–Crippen LogP) is 1.60. The number of carbonyl (C=O) groups excluding carboxylic acids is 2. The van der Waals surface area contributed by atoms with E-state index in [4.69, 9.17) is 22.1 Å². The molecular formula is C13H18ClN3O3. The molecule has 0 saturated heterocycles. The molecule has 0 aliphatic heterocycles. The van der Waals surface area contributed by atoms with Crippen molar-refractivity contribution in [2.24, 2.45) is 5.73 Å². The molecule has 0 aromatic heterocycles. The Morgan fingerprint density at radius 1 is 1.25 bits per heavy atom. The highest BCUT2D eigenvalue weighted by Crippen LogP contribution is 2.26. The van der Waals surface area contributed by atoms with Gasteiger partial charge in [-0.3, -0.25) is 9.59 Å². The van der Waals surface area contributed by atoms with Crippen molar-refractivity contribution >= 4 is 34.8 Å². The van der Waals surface area contributed by atoms with E-state index >= 15 is 0 Å². The number of ether oxygens (including phenoxy) is 1. The zero-order chi connectivity index (χ0) is 15.0. The molecule has 0 spiro atoms. The van der Waals surface area contributed by atoms with Crippen LogP contribution in [0.15, 0.2) is 18.2 Å². The summed E-state index contributed by atoms with van der Waals surface area (Å²) in [6.45, 7) is 0.379. The Hall–Kier alpha value is -1.63. The average molecular weight is 300 g/mol. The van der Waals surface area contributed by atoms with Gasteiger partial charge >= 0.3 is 0 Å². The Kier molecular flexibility index (Phi) is 7.00. The lowest BCUT2D eigenvalue weighted by molar-refractivity contribution is -0.119. The molecule has 0 bridgehead atoms. The second-order valence-electron chi connectivity index (χ2n) is 4.11. The van der Waals surface area contributed by atoms with Crippen molar-refractivity contribution < 1.29 is 14.3 Å². The molecule has 0 radical (unpaired) electrons. The monoisotopic (exact) mass is 299 g/mol. The van der Waals surface area contributed by atoms with Crippen LogP contribution in [0.4, 0.5) is 11.4 Å². The van der Waals surface area contributed by atoms with Crippen molar-refractivity contribution in [2.75, 3.05) is 30.9 Å². The van der Waals surface area contributed by atoms with E-state index in [2.05, 4.69) is 10.6 Å². The summed E-state index contributed by atoms with van der Waals surface area (Å²) in [5, 5.41) is 5.80. The minimum atomic E-state index is -0.313. The number of benzene rings is 1. The van der Waals surface area contributed by atoms with Gasteiger partial charge in [-0.1, -0.05) is 11.6 Å². The number of nitrogens with two attached hydrogens (primary N) is 1. The molecule has 0 aliphatic rings. The van der Waals surface area contributed by atoms with E-state index in [0.29, 0.717) is 35.8 Å². The Balaban J connectivity index is 2.79. The summed E-state index contributed by atoms with van der Waals surface area (Å²) in [5.74, 6) is -0.493. The second kappa shape index (κ2) is 8.52. The molecule has 0 saturated carbocycles. The van der Waals surface area contributed by atoms with Crippen LogP contribution in [0.1, 0.15) is 12.8 Å². The molecule has 0 unspecified atom stereocenters. The Labute approximate surface area is 122 Å². The first-order valence-electron chi connectivity index (χ1n) is 6.15. The molecule has 1 rings (SSSR count). The molecule has 110 valence electrons. The molecule has 6 nitrogen and oxygen atoms in total. The van der Waals surface area contributed by atoms with E-state index in [-0.39, 0.29) is 18.4 Å². The fourth-order valence-corrected chi connectivity index (χ4v) is 1.69. The van der Waals surface area contributed by atoms with Gasteiger partial charge in [-0.2, -0.15) is 0 Å². The number of methoxy groups -OCH3 is 1. The highest BCUT2D eigenvalue weighted by Gasteiger charge is 2.10. The van der Waals surface area contributed by atoms with Crippen LogP contribution in [-0.2, 0) is 14.3 Å². The molecule has 0 heterocycles. The first kappa shape index (κ1) is 16.4. The fourth-order valence-electron chi connectivity index (χ4n) is 1.52. The maximum absolute atomic E-state index is 11.7. The average Bonchev–Trinajstić information content (AvgIpc) is 2.40. The zero-order valence-electron chi connectivity index (χ0n) is 11.2. The largest absolute Gasteiger partial charge is 0.375 e. The highest BCUT2D eigenvalue weighted by molar-refractivity contribution is 6.31. The van der Waals surface area contributed by atoms with Gasteiger partial charge in [0.1, 0.15) is 6.61 Å². The van der Waals surface area contributed by atoms with E-state index in [0.717, 1.165) is 0 Å². The molecule has 1 aromatic carbocycles. The number of rotatable bonds is 7. The van der Waals surface area contributed by atoms with E-state index < -0.39 is 0 Å². The summed E-state index contributed by atoms with van der Waals surface area (Å²) in [7, 11) is 1.43. The molecule has 0 aliphatic carbocycles. The van der Waals surface area contributed by atoms with Crippen LogP contribution >= 0.6 is 11.6 Å². The summed E-state index contributed by atoms with van der Waals surface area (Å²) < 4.78 is 4.73. The molecule has 1 aromatic rings. The van der Waals surface area contributed by atoms with Crippen molar-refractivity contribution in [2.45, 2.75) is 12.8 Å². The molecule has 7 heteroatoms. The van der Waals surface area contributed by atoms with Gasteiger partial charge in [0.15, 0.2) is 0 Å². The summed E-state index contributed by atoms with van der Waals surface area (Å²) in [4.78, 5) is 23.2. The van der Waals surface area contributed by atoms with Crippen LogP contribution in [0, 0.1) is 0 Å². The zero-order valence-corrected chi connectivity index (χ0v) is 12.0. The molecule has 2 amide bonds. The third-order valence-electron chi connectivity index (χ3n) is 2.41. The SMILES string of the molecule is COCC(=O)Nc1ccc(Cl)cc1NC(=O)CCCN. The van der Waals surface area contributed by atoms with Crippen LogP contribution in [0.3, 0.4) is 0 Å². The lowest BCUT2D eigenvalue weighted by Gasteiger charge is -2.12. The lowest BCUT2D eigenvalue weighted by atomic mass is 10.2. The van der Waals surface area contributed by atoms with Crippen LogP contribution in [0.2, 0.25) is 5.02 Å². The highest BCUT2D eigenvalue weighted by atomic mass is 35.5. The second-order valence-corrected chi connectivity index (χ2v) is 4.55. The van der Waals surface area contributed by atoms with Crippen LogP contribution < -0.4 is 16.4 Å². The first-order valence-corrected chi connectivity index (χ1v) is 6.53. The normalized spacial score (nSPS) is 10.2. The third-order valence-corrected chi connectivity index (χ3v) is 2.65. The number of halogens is 1. The van der Waals surface area contributed by atoms with Crippen LogP contribution in [0.5, 0.6) is 0 Å². The lowest BCUT2D eigenvalue weighted by Crippen LogP contribution is -2.20. The smallest absolute Gasteiger partial charge is 0.250 e. The van der Waals surface area contributed by atoms with Gasteiger partial charge in [0.2, 0.25) is 11.8 Å². The Bertz CT molecular complexity index is 480. The predicted molar refractivity (Wildman–Crippen MR) is 78.9 cm³/mol. The van der Waals surface area contributed by atoms with Gasteiger partial charge < -0.3 is 21.1 Å². The minimum Gasteiger partial charge on any atom is -0.375 e. The van der Waals surface area contributed by atoms with Gasteiger partial charge in [0.05, 0.1) is 11.4 Å². The number of amides is 2. The summed E-state index contributed by atoms with van der Waals surface area (Å²) >= 11 is 5.89. The van der Waals surface area contributed by atoms with Crippen molar-refractivity contribution in [1.29, 1.82) is 0 Å². The Morgan fingerprint density at radius 2 is 1.95 bits per heavy atom. The maximum Gasteiger partial charge on any atom is 0.250 e. The molecule has 0 fully saturated rings. The third kappa shape index (κ3) is 5.56. The van der Waals surface area contributed by atoms with E-state index in [9.17, 15) is 9.59 Å². The van der Waals surface area contributed by atoms with E-state index in [1.54, 1.807) is 18.2 Å². The maximum atomic E-state index is 11.7. The number of hydrogen-bond donors (Lipinski definition) is 3. The molecule has 20 heavy (non-hydrogen) atoms. The topological polar surface area (TPSA) is 93.5 Å². The van der Waals surface area contributed by atoms with E-state index in [1.807, 2.05) is 0 Å². The van der Waals surface area contributed by atoms with E-state index in [1.165, 1.54) is 7.11 Å². The summed E-state index contributed by atoms with van der Waals surface area (Å²) in [6, 6.07) is 4.82. The fraction of sp³-hybridized carbons (Fsp3) is 0.385. The standard InChI is InChI=1S/C13H18ClN3O3/c1-20-8-13(19)16-10-5-4-9(14)7-11(10)17-12(18)3-2-6-15/h4-5,7H,2-3,6,8,15H2,1H3,(H,16,19)(H,17,18). The van der Waals surface area contributed by atoms with Crippen molar-refractivity contribution in [3.8, 4) is 0 Å². The van der Waals surface area contributed by atoms with Crippen molar-refractivity contribution in [1.82, 2.24) is 0 Å². The van der Waals surface area contributed by atoms with Gasteiger partial charge in [0.25, 0.3) is 0 Å². The summed E-state index contributed by atoms with van der Waals surface area (Å²) in [6.07, 6.45) is 0.909. The number of nitrogens with one attached hydrogen (secondary N) is 2. The van der Waals surface area contributed by atoms with Crippen molar-refractivity contribution in [3.05, 3.63) is 23.2 Å².